The van der Waals surface area contributed by atoms with Crippen LogP contribution in [0.4, 0.5) is 0 Å². The van der Waals surface area contributed by atoms with Crippen molar-refractivity contribution in [3.05, 3.63) is 12.7 Å². The first-order chi connectivity index (χ1) is 4.31. The van der Waals surface area contributed by atoms with Gasteiger partial charge in [-0.15, -0.1) is 6.58 Å². The number of hydrogen-bond donors (Lipinski definition) is 0. The van der Waals surface area contributed by atoms with E-state index in [0.29, 0.717) is 12.8 Å². The van der Waals surface area contributed by atoms with Gasteiger partial charge in [-0.1, -0.05) is 22.0 Å². The minimum atomic E-state index is 0.282. The first-order valence-corrected chi connectivity index (χ1v) is 4.12. The summed E-state index contributed by atoms with van der Waals surface area (Å²) in [6.45, 7) is 3.48. The van der Waals surface area contributed by atoms with Gasteiger partial charge in [-0.3, -0.25) is 4.79 Å². The fraction of sp³-hybridized carbons (Fsp3) is 0.571. The molecule has 1 nitrogen and oxygen atoms in total. The molecule has 0 unspecified atom stereocenters. The molecular formula is C7H11BrO. The van der Waals surface area contributed by atoms with Crippen LogP contribution in [0.3, 0.4) is 0 Å². The lowest BCUT2D eigenvalue weighted by molar-refractivity contribution is -0.118. The van der Waals surface area contributed by atoms with E-state index in [4.69, 9.17) is 0 Å². The number of halogens is 1. The second-order valence-electron chi connectivity index (χ2n) is 1.82. The number of rotatable bonds is 5. The first-order valence-electron chi connectivity index (χ1n) is 2.99. The smallest absolute Gasteiger partial charge is 0.136 e. The average Bonchev–Trinajstić information content (AvgIpc) is 1.85. The zero-order valence-electron chi connectivity index (χ0n) is 5.40. The highest BCUT2D eigenvalue weighted by Gasteiger charge is 1.95. The van der Waals surface area contributed by atoms with Crippen LogP contribution < -0.4 is 0 Å². The zero-order chi connectivity index (χ0) is 7.11. The Morgan fingerprint density at radius 3 is 2.78 bits per heavy atom. The molecule has 0 rings (SSSR count). The van der Waals surface area contributed by atoms with E-state index in [1.165, 1.54) is 0 Å². The van der Waals surface area contributed by atoms with Crippen LogP contribution in [0.5, 0.6) is 0 Å². The van der Waals surface area contributed by atoms with E-state index < -0.39 is 0 Å². The molecule has 2 heteroatoms. The van der Waals surface area contributed by atoms with Crippen molar-refractivity contribution in [1.29, 1.82) is 0 Å². The third-order valence-electron chi connectivity index (χ3n) is 0.961. The second-order valence-corrected chi connectivity index (χ2v) is 2.62. The van der Waals surface area contributed by atoms with E-state index in [1.807, 2.05) is 0 Å². The van der Waals surface area contributed by atoms with Gasteiger partial charge in [0.15, 0.2) is 0 Å². The summed E-state index contributed by atoms with van der Waals surface area (Å²) in [5, 5.41) is 0.913. The highest BCUT2D eigenvalue weighted by Crippen LogP contribution is 1.97. The Balaban J connectivity index is 3.16. The van der Waals surface area contributed by atoms with Gasteiger partial charge >= 0.3 is 0 Å². The van der Waals surface area contributed by atoms with Crippen LogP contribution in [-0.2, 0) is 4.79 Å². The maximum atomic E-state index is 10.7. The molecule has 0 aromatic heterocycles. The van der Waals surface area contributed by atoms with Crippen LogP contribution in [0.1, 0.15) is 19.3 Å². The molecule has 0 aromatic carbocycles. The van der Waals surface area contributed by atoms with Crippen molar-refractivity contribution >= 4 is 21.7 Å². The number of Topliss-reactive ketones (excluding diaryl/α,β-unsaturated/α-hetero) is 1. The Labute approximate surface area is 64.3 Å². The molecule has 52 valence electrons. The Morgan fingerprint density at radius 1 is 1.67 bits per heavy atom. The standard InChI is InChI=1S/C7H11BrO/c1-2-4-7(9)5-3-6-8/h2H,1,3-6H2. The van der Waals surface area contributed by atoms with E-state index in [0.717, 1.165) is 11.8 Å². The van der Waals surface area contributed by atoms with Crippen LogP contribution in [0.2, 0.25) is 0 Å². The summed E-state index contributed by atoms with van der Waals surface area (Å²) in [4.78, 5) is 10.7. The molecule has 0 bridgehead atoms. The van der Waals surface area contributed by atoms with E-state index in [2.05, 4.69) is 22.5 Å². The van der Waals surface area contributed by atoms with Crippen LogP contribution >= 0.6 is 15.9 Å². The Morgan fingerprint density at radius 2 is 2.33 bits per heavy atom. The Kier molecular flexibility index (Phi) is 5.94. The van der Waals surface area contributed by atoms with Gasteiger partial charge in [0.05, 0.1) is 0 Å². The summed E-state index contributed by atoms with van der Waals surface area (Å²) >= 11 is 3.25. The lowest BCUT2D eigenvalue weighted by Crippen LogP contribution is -1.94. The number of carbonyl (C=O) groups is 1. The van der Waals surface area contributed by atoms with Gasteiger partial charge in [0.25, 0.3) is 0 Å². The highest BCUT2D eigenvalue weighted by molar-refractivity contribution is 9.09. The van der Waals surface area contributed by atoms with Gasteiger partial charge in [0.2, 0.25) is 0 Å². The van der Waals surface area contributed by atoms with Crippen molar-refractivity contribution in [2.24, 2.45) is 0 Å². The third-order valence-corrected chi connectivity index (χ3v) is 1.52. The quantitative estimate of drug-likeness (QED) is 0.481. The molecule has 0 amide bonds. The van der Waals surface area contributed by atoms with Gasteiger partial charge in [0, 0.05) is 18.2 Å². The second kappa shape index (κ2) is 6.02. The Bertz CT molecular complexity index is 99.1. The molecule has 0 fully saturated rings. The number of allylic oxidation sites excluding steroid dienone is 1. The third kappa shape index (κ3) is 5.77. The summed E-state index contributed by atoms with van der Waals surface area (Å²) in [7, 11) is 0. The van der Waals surface area contributed by atoms with Gasteiger partial charge in [0.1, 0.15) is 5.78 Å². The van der Waals surface area contributed by atoms with Gasteiger partial charge in [-0.05, 0) is 6.42 Å². The zero-order valence-corrected chi connectivity index (χ0v) is 6.99. The van der Waals surface area contributed by atoms with Crippen molar-refractivity contribution in [3.63, 3.8) is 0 Å². The largest absolute Gasteiger partial charge is 0.299 e. The first kappa shape index (κ1) is 8.89. The van der Waals surface area contributed by atoms with E-state index in [9.17, 15) is 4.79 Å². The molecule has 0 aliphatic heterocycles. The summed E-state index contributed by atoms with van der Waals surface area (Å²) < 4.78 is 0. The molecule has 0 radical (unpaired) electrons. The van der Waals surface area contributed by atoms with Crippen LogP contribution in [0.15, 0.2) is 12.7 Å². The topological polar surface area (TPSA) is 17.1 Å². The normalized spacial score (nSPS) is 9.00. The van der Waals surface area contributed by atoms with E-state index in [-0.39, 0.29) is 5.78 Å². The molecule has 0 atom stereocenters. The fourth-order valence-corrected chi connectivity index (χ4v) is 0.807. The summed E-state index contributed by atoms with van der Waals surface area (Å²) in [6, 6.07) is 0. The summed E-state index contributed by atoms with van der Waals surface area (Å²) in [6.07, 6.45) is 3.79. The molecule has 0 aromatic rings. The molecule has 9 heavy (non-hydrogen) atoms. The van der Waals surface area contributed by atoms with Gasteiger partial charge < -0.3 is 0 Å². The van der Waals surface area contributed by atoms with E-state index >= 15 is 0 Å². The van der Waals surface area contributed by atoms with Crippen molar-refractivity contribution in [1.82, 2.24) is 0 Å². The SMILES string of the molecule is C=CCC(=O)CCCBr. The van der Waals surface area contributed by atoms with Crippen LogP contribution in [-0.4, -0.2) is 11.1 Å². The number of alkyl halides is 1. The molecule has 0 spiro atoms. The van der Waals surface area contributed by atoms with Gasteiger partial charge in [-0.25, -0.2) is 0 Å². The van der Waals surface area contributed by atoms with Crippen molar-refractivity contribution in [2.75, 3.05) is 5.33 Å². The number of ketones is 1. The lowest BCUT2D eigenvalue weighted by Gasteiger charge is -1.91. The molecular weight excluding hydrogens is 180 g/mol. The van der Waals surface area contributed by atoms with Crippen LogP contribution in [0, 0.1) is 0 Å². The molecule has 0 N–H and O–H groups in total. The maximum Gasteiger partial charge on any atom is 0.136 e. The average molecular weight is 191 g/mol. The predicted octanol–water partition coefficient (Wildman–Crippen LogP) is 2.31. The molecule has 0 saturated carbocycles. The molecule has 0 aliphatic rings. The number of carbonyl (C=O) groups excluding carboxylic acids is 1. The monoisotopic (exact) mass is 190 g/mol. The molecule has 0 heterocycles. The number of hydrogen-bond acceptors (Lipinski definition) is 1. The van der Waals surface area contributed by atoms with E-state index in [1.54, 1.807) is 6.08 Å². The minimum Gasteiger partial charge on any atom is -0.299 e. The van der Waals surface area contributed by atoms with Crippen molar-refractivity contribution < 1.29 is 4.79 Å². The van der Waals surface area contributed by atoms with Crippen molar-refractivity contribution in [2.45, 2.75) is 19.3 Å². The lowest BCUT2D eigenvalue weighted by atomic mass is 10.2. The minimum absolute atomic E-state index is 0.282. The van der Waals surface area contributed by atoms with Crippen molar-refractivity contribution in [3.8, 4) is 0 Å². The van der Waals surface area contributed by atoms with Gasteiger partial charge in [-0.2, -0.15) is 0 Å². The molecule has 0 aliphatic carbocycles. The predicted molar refractivity (Wildman–Crippen MR) is 42.8 cm³/mol. The Hall–Kier alpha value is -0.110. The highest BCUT2D eigenvalue weighted by atomic mass is 79.9. The summed E-state index contributed by atoms with van der Waals surface area (Å²) in [5.41, 5.74) is 0. The molecule has 0 saturated heterocycles. The van der Waals surface area contributed by atoms with Crippen LogP contribution in [0.25, 0.3) is 0 Å². The fourth-order valence-electron chi connectivity index (χ4n) is 0.527. The maximum absolute atomic E-state index is 10.7. The summed E-state index contributed by atoms with van der Waals surface area (Å²) in [5.74, 6) is 0.282.